The van der Waals surface area contributed by atoms with Crippen LogP contribution in [0.3, 0.4) is 0 Å². The maximum Gasteiger partial charge on any atom is 0.307 e. The van der Waals surface area contributed by atoms with Gasteiger partial charge in [-0.15, -0.1) is 0 Å². The van der Waals surface area contributed by atoms with Crippen LogP contribution in [-0.2, 0) is 22.6 Å². The third kappa shape index (κ3) is 5.23. The summed E-state index contributed by atoms with van der Waals surface area (Å²) in [7, 11) is 0. The van der Waals surface area contributed by atoms with Crippen LogP contribution in [0.5, 0.6) is 0 Å². The summed E-state index contributed by atoms with van der Waals surface area (Å²) in [4.78, 5) is 22.2. The lowest BCUT2D eigenvalue weighted by Crippen LogP contribution is -2.23. The number of amides is 1. The summed E-state index contributed by atoms with van der Waals surface area (Å²) in [5, 5.41) is 11.6. The molecule has 0 unspecified atom stereocenters. The maximum atomic E-state index is 11.5. The number of carbonyl (C=O) groups is 2. The number of benzene rings is 1. The Morgan fingerprint density at radius 1 is 1.28 bits per heavy atom. The van der Waals surface area contributed by atoms with Gasteiger partial charge in [-0.25, -0.2) is 0 Å². The number of carbonyl (C=O) groups excluding carboxylic acids is 1. The zero-order chi connectivity index (χ0) is 13.4. The van der Waals surface area contributed by atoms with Crippen LogP contribution in [0.15, 0.2) is 24.3 Å². The molecule has 0 saturated heterocycles. The van der Waals surface area contributed by atoms with E-state index in [2.05, 4.69) is 5.32 Å². The number of carboxylic acids is 1. The van der Waals surface area contributed by atoms with Gasteiger partial charge in [0.15, 0.2) is 0 Å². The Morgan fingerprint density at radius 2 is 1.94 bits per heavy atom. The maximum absolute atomic E-state index is 11.5. The Balaban J connectivity index is 2.55. The Bertz CT molecular complexity index is 420. The van der Waals surface area contributed by atoms with Crippen molar-refractivity contribution in [3.8, 4) is 0 Å². The highest BCUT2D eigenvalue weighted by Crippen LogP contribution is 2.09. The van der Waals surface area contributed by atoms with Crippen molar-refractivity contribution in [2.24, 2.45) is 0 Å². The van der Waals surface area contributed by atoms with Crippen molar-refractivity contribution >= 4 is 23.6 Å². The van der Waals surface area contributed by atoms with Gasteiger partial charge < -0.3 is 10.4 Å². The molecule has 0 aliphatic carbocycles. The summed E-state index contributed by atoms with van der Waals surface area (Å²) < 4.78 is 0. The molecule has 0 saturated carbocycles. The topological polar surface area (TPSA) is 66.4 Å². The zero-order valence-corrected chi connectivity index (χ0v) is 11.1. The van der Waals surface area contributed by atoms with E-state index in [0.717, 1.165) is 16.9 Å². The van der Waals surface area contributed by atoms with Gasteiger partial charge in [0.2, 0.25) is 5.91 Å². The molecule has 0 bridgehead atoms. The molecule has 98 valence electrons. The largest absolute Gasteiger partial charge is 0.481 e. The van der Waals surface area contributed by atoms with Crippen LogP contribution in [0.4, 0.5) is 0 Å². The predicted octanol–water partition coefficient (Wildman–Crippen LogP) is 1.68. The summed E-state index contributed by atoms with van der Waals surface area (Å²) >= 11 is 1.62. The molecule has 18 heavy (non-hydrogen) atoms. The van der Waals surface area contributed by atoms with Gasteiger partial charge in [-0.2, -0.15) is 11.8 Å². The van der Waals surface area contributed by atoms with E-state index in [-0.39, 0.29) is 12.3 Å². The van der Waals surface area contributed by atoms with Gasteiger partial charge in [0.25, 0.3) is 0 Å². The average molecular weight is 267 g/mol. The molecule has 1 aromatic rings. The fraction of sp³-hybridized carbons (Fsp3) is 0.385. The molecule has 1 aromatic carbocycles. The Labute approximate surface area is 111 Å². The summed E-state index contributed by atoms with van der Waals surface area (Å²) in [5.74, 6) is -0.0755. The van der Waals surface area contributed by atoms with Crippen LogP contribution in [0.2, 0.25) is 0 Å². The number of carboxylic acid groups (broad SMARTS) is 1. The van der Waals surface area contributed by atoms with E-state index < -0.39 is 5.97 Å². The van der Waals surface area contributed by atoms with Crippen LogP contribution >= 0.6 is 11.8 Å². The number of rotatable bonds is 7. The van der Waals surface area contributed by atoms with Crippen LogP contribution < -0.4 is 5.32 Å². The molecule has 0 aliphatic heterocycles. The molecule has 2 N–H and O–H groups in total. The molecule has 1 amide bonds. The van der Waals surface area contributed by atoms with Gasteiger partial charge in [0.1, 0.15) is 0 Å². The highest BCUT2D eigenvalue weighted by Gasteiger charge is 2.07. The molecule has 0 fully saturated rings. The van der Waals surface area contributed by atoms with Gasteiger partial charge in [0.05, 0.1) is 6.42 Å². The lowest BCUT2D eigenvalue weighted by molar-refractivity contribution is -0.136. The smallest absolute Gasteiger partial charge is 0.307 e. The number of nitrogens with one attached hydrogen (secondary N) is 1. The van der Waals surface area contributed by atoms with Gasteiger partial charge in [-0.05, 0) is 17.4 Å². The number of aliphatic carboxylic acids is 1. The van der Waals surface area contributed by atoms with E-state index in [0.29, 0.717) is 13.0 Å². The van der Waals surface area contributed by atoms with Gasteiger partial charge in [0, 0.05) is 18.7 Å². The van der Waals surface area contributed by atoms with E-state index >= 15 is 0 Å². The van der Waals surface area contributed by atoms with Crippen molar-refractivity contribution in [3.05, 3.63) is 35.4 Å². The minimum Gasteiger partial charge on any atom is -0.481 e. The first-order valence-corrected chi connectivity index (χ1v) is 7.07. The highest BCUT2D eigenvalue weighted by atomic mass is 32.2. The number of hydrogen-bond donors (Lipinski definition) is 2. The van der Waals surface area contributed by atoms with Crippen molar-refractivity contribution in [1.82, 2.24) is 5.32 Å². The monoisotopic (exact) mass is 267 g/mol. The van der Waals surface area contributed by atoms with E-state index in [1.807, 2.05) is 18.4 Å². The Kier molecular flexibility index (Phi) is 6.28. The summed E-state index contributed by atoms with van der Waals surface area (Å²) in [6.45, 7) is 0.386. The van der Waals surface area contributed by atoms with Crippen molar-refractivity contribution in [3.63, 3.8) is 0 Å². The second kappa shape index (κ2) is 7.76. The van der Waals surface area contributed by atoms with Crippen molar-refractivity contribution < 1.29 is 14.7 Å². The number of hydrogen-bond acceptors (Lipinski definition) is 3. The molecule has 1 rings (SSSR count). The zero-order valence-electron chi connectivity index (χ0n) is 10.3. The molecule has 0 atom stereocenters. The van der Waals surface area contributed by atoms with Crippen molar-refractivity contribution in [1.29, 1.82) is 0 Å². The summed E-state index contributed by atoms with van der Waals surface area (Å²) in [6.07, 6.45) is 2.43. The molecule has 5 heteroatoms. The van der Waals surface area contributed by atoms with E-state index in [1.54, 1.807) is 23.9 Å². The summed E-state index contributed by atoms with van der Waals surface area (Å²) in [5.41, 5.74) is 1.60. The third-order valence-electron chi connectivity index (χ3n) is 2.47. The minimum absolute atomic E-state index is 0.00511. The SMILES string of the molecule is CSCCC(=O)NCc1ccccc1CC(=O)O. The second-order valence-electron chi connectivity index (χ2n) is 3.86. The first-order valence-electron chi connectivity index (χ1n) is 5.67. The molecule has 0 aromatic heterocycles. The standard InChI is InChI=1S/C13H17NO3S/c1-18-7-6-12(15)14-9-11-5-3-2-4-10(11)8-13(16)17/h2-5H,6-9H2,1H3,(H,14,15)(H,16,17). The molecule has 0 spiro atoms. The van der Waals surface area contributed by atoms with Crippen LogP contribution in [0.25, 0.3) is 0 Å². The fourth-order valence-electron chi connectivity index (χ4n) is 1.54. The lowest BCUT2D eigenvalue weighted by atomic mass is 10.0. The van der Waals surface area contributed by atoms with Gasteiger partial charge in [-0.3, -0.25) is 9.59 Å². The lowest BCUT2D eigenvalue weighted by Gasteiger charge is -2.09. The fourth-order valence-corrected chi connectivity index (χ4v) is 1.93. The predicted molar refractivity (Wildman–Crippen MR) is 72.6 cm³/mol. The van der Waals surface area contributed by atoms with E-state index in [9.17, 15) is 9.59 Å². The van der Waals surface area contributed by atoms with E-state index in [4.69, 9.17) is 5.11 Å². The molecular weight excluding hydrogens is 250 g/mol. The molecule has 0 radical (unpaired) electrons. The Hall–Kier alpha value is -1.49. The number of thioether (sulfide) groups is 1. The first kappa shape index (κ1) is 14.6. The van der Waals surface area contributed by atoms with Gasteiger partial charge in [-0.1, -0.05) is 24.3 Å². The normalized spacial score (nSPS) is 10.1. The van der Waals surface area contributed by atoms with Crippen molar-refractivity contribution in [2.45, 2.75) is 19.4 Å². The summed E-state index contributed by atoms with van der Waals surface area (Å²) in [6, 6.07) is 7.26. The Morgan fingerprint density at radius 3 is 2.56 bits per heavy atom. The minimum atomic E-state index is -0.865. The van der Waals surface area contributed by atoms with Crippen molar-refractivity contribution in [2.75, 3.05) is 12.0 Å². The van der Waals surface area contributed by atoms with Crippen LogP contribution in [0, 0.1) is 0 Å². The molecule has 0 heterocycles. The average Bonchev–Trinajstić information content (AvgIpc) is 2.34. The molecular formula is C13H17NO3S. The second-order valence-corrected chi connectivity index (χ2v) is 4.84. The molecule has 4 nitrogen and oxygen atoms in total. The third-order valence-corrected chi connectivity index (χ3v) is 3.08. The highest BCUT2D eigenvalue weighted by molar-refractivity contribution is 7.98. The van der Waals surface area contributed by atoms with Crippen LogP contribution in [-0.4, -0.2) is 29.0 Å². The quantitative estimate of drug-likeness (QED) is 0.789. The molecule has 0 aliphatic rings. The van der Waals surface area contributed by atoms with Gasteiger partial charge >= 0.3 is 5.97 Å². The van der Waals surface area contributed by atoms with Crippen LogP contribution in [0.1, 0.15) is 17.5 Å². The first-order chi connectivity index (χ1) is 8.63. The van der Waals surface area contributed by atoms with E-state index in [1.165, 1.54) is 0 Å².